The molecule has 0 radical (unpaired) electrons. The number of hydrogen-bond donors (Lipinski definition) is 0. The van der Waals surface area contributed by atoms with Crippen molar-refractivity contribution in [1.29, 1.82) is 0 Å². The standard InChI is InChI=1S/C5H13BS/c1-5(2)7-6(3)4/h5H,1-4H3. The van der Waals surface area contributed by atoms with Gasteiger partial charge in [-0.05, 0) is 5.25 Å². The molecule has 2 heteroatoms. The van der Waals surface area contributed by atoms with Crippen LogP contribution in [-0.2, 0) is 0 Å². The fourth-order valence-corrected chi connectivity index (χ4v) is 1.63. The zero-order valence-electron chi connectivity index (χ0n) is 5.56. The Morgan fingerprint density at radius 1 is 1.29 bits per heavy atom. The first-order valence-electron chi connectivity index (χ1n) is 2.78. The summed E-state index contributed by atoms with van der Waals surface area (Å²) in [6.45, 7) is 8.91. The van der Waals surface area contributed by atoms with Crippen LogP contribution in [0.1, 0.15) is 13.8 Å². The SMILES string of the molecule is CB(C)SC(C)C. The summed E-state index contributed by atoms with van der Waals surface area (Å²) in [4.78, 5) is 0. The number of hydrogen-bond acceptors (Lipinski definition) is 1. The van der Waals surface area contributed by atoms with Crippen LogP contribution in [0.2, 0.25) is 13.6 Å². The van der Waals surface area contributed by atoms with E-state index in [0.717, 1.165) is 11.2 Å². The third-order valence-electron chi connectivity index (χ3n) is 0.544. The van der Waals surface area contributed by atoms with Crippen LogP contribution in [0.3, 0.4) is 0 Å². The Morgan fingerprint density at radius 3 is 1.71 bits per heavy atom. The molecule has 0 saturated heterocycles. The molecule has 0 saturated carbocycles. The molecule has 0 nitrogen and oxygen atoms in total. The maximum Gasteiger partial charge on any atom is 0.203 e. The Kier molecular flexibility index (Phi) is 3.62. The Bertz CT molecular complexity index is 37.3. The van der Waals surface area contributed by atoms with Gasteiger partial charge in [-0.15, -0.1) is 0 Å². The smallest absolute Gasteiger partial charge is 0.203 e. The Hall–Kier alpha value is 0.415. The minimum atomic E-state index is 0.792. The first kappa shape index (κ1) is 7.41. The van der Waals surface area contributed by atoms with Crippen molar-refractivity contribution in [2.75, 3.05) is 0 Å². The van der Waals surface area contributed by atoms with E-state index in [1.165, 1.54) is 0 Å². The van der Waals surface area contributed by atoms with Gasteiger partial charge in [-0.3, -0.25) is 0 Å². The van der Waals surface area contributed by atoms with Crippen LogP contribution in [0.15, 0.2) is 0 Å². The van der Waals surface area contributed by atoms with Gasteiger partial charge in [0, 0.05) is 0 Å². The predicted molar refractivity (Wildman–Crippen MR) is 40.2 cm³/mol. The molecule has 0 rings (SSSR count). The molecule has 0 amide bonds. The minimum absolute atomic E-state index is 0.792. The van der Waals surface area contributed by atoms with E-state index in [-0.39, 0.29) is 0 Å². The second-order valence-electron chi connectivity index (χ2n) is 2.23. The van der Waals surface area contributed by atoms with Gasteiger partial charge in [0.25, 0.3) is 0 Å². The summed E-state index contributed by atoms with van der Waals surface area (Å²) >= 11 is 2.01. The van der Waals surface area contributed by atoms with E-state index in [1.54, 1.807) is 0 Å². The van der Waals surface area contributed by atoms with E-state index in [0.29, 0.717) is 0 Å². The summed E-state index contributed by atoms with van der Waals surface area (Å²) in [7, 11) is 0. The molecular formula is C5H13BS. The summed E-state index contributed by atoms with van der Waals surface area (Å²) in [5.74, 6) is 0.792. The van der Waals surface area contributed by atoms with Crippen molar-refractivity contribution in [3.8, 4) is 0 Å². The fourth-order valence-electron chi connectivity index (χ4n) is 0.544. The highest BCUT2D eigenvalue weighted by atomic mass is 32.2. The molecule has 0 aliphatic carbocycles. The first-order valence-corrected chi connectivity index (χ1v) is 3.72. The normalized spacial score (nSPS) is 9.86. The molecule has 0 fully saturated rings. The predicted octanol–water partition coefficient (Wildman–Crippen LogP) is 2.38. The molecule has 0 N–H and O–H groups in total. The zero-order chi connectivity index (χ0) is 5.86. The third kappa shape index (κ3) is 6.41. The van der Waals surface area contributed by atoms with Gasteiger partial charge in [0.15, 0.2) is 0 Å². The quantitative estimate of drug-likeness (QED) is 0.499. The summed E-state index contributed by atoms with van der Waals surface area (Å²) < 4.78 is 0. The van der Waals surface area contributed by atoms with Crippen molar-refractivity contribution in [3.05, 3.63) is 0 Å². The second kappa shape index (κ2) is 3.42. The fraction of sp³-hybridized carbons (Fsp3) is 1.00. The molecule has 0 bridgehead atoms. The van der Waals surface area contributed by atoms with E-state index in [9.17, 15) is 0 Å². The van der Waals surface area contributed by atoms with Gasteiger partial charge < -0.3 is 0 Å². The molecule has 0 aliphatic heterocycles. The second-order valence-corrected chi connectivity index (χ2v) is 4.39. The highest BCUT2D eigenvalue weighted by Gasteiger charge is 1.99. The van der Waals surface area contributed by atoms with Crippen molar-refractivity contribution in [2.45, 2.75) is 32.7 Å². The minimum Gasteiger partial charge on any atom is -0.208 e. The largest absolute Gasteiger partial charge is 0.208 e. The van der Waals surface area contributed by atoms with E-state index in [1.807, 2.05) is 11.6 Å². The molecule has 0 aromatic rings. The van der Waals surface area contributed by atoms with Crippen LogP contribution in [0.25, 0.3) is 0 Å². The van der Waals surface area contributed by atoms with Crippen molar-refractivity contribution in [2.24, 2.45) is 0 Å². The van der Waals surface area contributed by atoms with Crippen LogP contribution < -0.4 is 0 Å². The first-order chi connectivity index (χ1) is 3.13. The topological polar surface area (TPSA) is 0 Å². The highest BCUT2D eigenvalue weighted by Crippen LogP contribution is 2.12. The molecule has 42 valence electrons. The lowest BCUT2D eigenvalue weighted by Gasteiger charge is -2.03. The molecule has 0 unspecified atom stereocenters. The van der Waals surface area contributed by atoms with Crippen molar-refractivity contribution in [1.82, 2.24) is 0 Å². The lowest BCUT2D eigenvalue weighted by Crippen LogP contribution is -1.98. The van der Waals surface area contributed by atoms with Crippen LogP contribution in [0.4, 0.5) is 0 Å². The molecular weight excluding hydrogens is 103 g/mol. The van der Waals surface area contributed by atoms with E-state index in [2.05, 4.69) is 27.5 Å². The highest BCUT2D eigenvalue weighted by molar-refractivity contribution is 8.25. The summed E-state index contributed by atoms with van der Waals surface area (Å²) in [6, 6.07) is 0. The molecule has 7 heavy (non-hydrogen) atoms. The van der Waals surface area contributed by atoms with Gasteiger partial charge in [0.2, 0.25) is 5.99 Å². The number of rotatable bonds is 2. The summed E-state index contributed by atoms with van der Waals surface area (Å²) in [6.07, 6.45) is 0. The van der Waals surface area contributed by atoms with Crippen LogP contribution in [0, 0.1) is 0 Å². The molecule has 0 aromatic heterocycles. The van der Waals surface area contributed by atoms with E-state index in [4.69, 9.17) is 0 Å². The average molecular weight is 116 g/mol. The maximum atomic E-state index is 2.23. The summed E-state index contributed by atoms with van der Waals surface area (Å²) in [5.41, 5.74) is 0. The van der Waals surface area contributed by atoms with Gasteiger partial charge in [-0.2, -0.15) is 0 Å². The van der Waals surface area contributed by atoms with Crippen molar-refractivity contribution >= 4 is 17.6 Å². The Labute approximate surface area is 51.0 Å². The molecule has 0 aromatic carbocycles. The van der Waals surface area contributed by atoms with Gasteiger partial charge in [-0.1, -0.05) is 27.5 Å². The lowest BCUT2D eigenvalue weighted by molar-refractivity contribution is 1.12. The zero-order valence-corrected chi connectivity index (χ0v) is 6.38. The summed E-state index contributed by atoms with van der Waals surface area (Å²) in [5, 5.41) is 0.792. The van der Waals surface area contributed by atoms with Gasteiger partial charge in [0.1, 0.15) is 0 Å². The Morgan fingerprint density at radius 2 is 1.71 bits per heavy atom. The van der Waals surface area contributed by atoms with Gasteiger partial charge >= 0.3 is 0 Å². The Balaban J connectivity index is 2.95. The lowest BCUT2D eigenvalue weighted by atomic mass is 9.84. The van der Waals surface area contributed by atoms with Gasteiger partial charge in [-0.25, -0.2) is 11.6 Å². The van der Waals surface area contributed by atoms with Crippen LogP contribution in [0.5, 0.6) is 0 Å². The molecule has 0 atom stereocenters. The third-order valence-corrected chi connectivity index (χ3v) is 1.63. The monoisotopic (exact) mass is 116 g/mol. The maximum absolute atomic E-state index is 2.23. The van der Waals surface area contributed by atoms with Crippen LogP contribution in [-0.4, -0.2) is 11.2 Å². The van der Waals surface area contributed by atoms with Gasteiger partial charge in [0.05, 0.1) is 0 Å². The van der Waals surface area contributed by atoms with Crippen molar-refractivity contribution < 1.29 is 0 Å². The molecule has 0 heterocycles. The molecule has 0 aliphatic rings. The molecule has 0 spiro atoms. The van der Waals surface area contributed by atoms with E-state index < -0.39 is 0 Å². The average Bonchev–Trinajstić information content (AvgIpc) is 1.27. The van der Waals surface area contributed by atoms with E-state index >= 15 is 0 Å². The van der Waals surface area contributed by atoms with Crippen LogP contribution >= 0.6 is 11.6 Å². The van der Waals surface area contributed by atoms with Crippen molar-refractivity contribution in [3.63, 3.8) is 0 Å².